The average molecular weight is 272 g/mol. The van der Waals surface area contributed by atoms with E-state index in [1.165, 1.54) is 11.1 Å². The van der Waals surface area contributed by atoms with Crippen molar-refractivity contribution in [1.82, 2.24) is 10.4 Å². The first-order valence-electron chi connectivity index (χ1n) is 4.94. The Hall–Kier alpha value is -0.420. The van der Waals surface area contributed by atoms with Gasteiger partial charge in [-0.25, -0.2) is 10.4 Å². The van der Waals surface area contributed by atoms with E-state index in [2.05, 4.69) is 46.5 Å². The van der Waals surface area contributed by atoms with Crippen LogP contribution in [0.2, 0.25) is 0 Å². The van der Waals surface area contributed by atoms with Gasteiger partial charge < -0.3 is 5.73 Å². The third-order valence-corrected chi connectivity index (χ3v) is 2.87. The second kappa shape index (κ2) is 5.61. The minimum absolute atomic E-state index is 0.148. The summed E-state index contributed by atoms with van der Waals surface area (Å²) in [7, 11) is 3.93. The summed E-state index contributed by atoms with van der Waals surface area (Å²) in [5.41, 5.74) is 11.5. The first kappa shape index (κ1) is 12.6. The maximum absolute atomic E-state index is 5.75. The lowest BCUT2D eigenvalue weighted by Crippen LogP contribution is -2.38. The van der Waals surface area contributed by atoms with Crippen molar-refractivity contribution >= 4 is 15.9 Å². The van der Waals surface area contributed by atoms with Crippen LogP contribution in [-0.2, 0) is 0 Å². The predicted molar refractivity (Wildman–Crippen MR) is 67.5 cm³/mol. The van der Waals surface area contributed by atoms with E-state index in [4.69, 9.17) is 5.73 Å². The molecule has 1 aromatic carbocycles. The van der Waals surface area contributed by atoms with Crippen LogP contribution < -0.4 is 11.2 Å². The van der Waals surface area contributed by atoms with Gasteiger partial charge in [-0.2, -0.15) is 0 Å². The lowest BCUT2D eigenvalue weighted by Gasteiger charge is -2.23. The van der Waals surface area contributed by atoms with Gasteiger partial charge in [-0.3, -0.25) is 0 Å². The number of hydrogen-bond acceptors (Lipinski definition) is 3. The third-order valence-electron chi connectivity index (χ3n) is 2.18. The van der Waals surface area contributed by atoms with E-state index in [1.54, 1.807) is 0 Å². The van der Waals surface area contributed by atoms with Gasteiger partial charge in [0.15, 0.2) is 0 Å². The topological polar surface area (TPSA) is 41.3 Å². The Kier molecular flexibility index (Phi) is 4.73. The number of nitrogens with two attached hydrogens (primary N) is 1. The van der Waals surface area contributed by atoms with E-state index >= 15 is 0 Å². The van der Waals surface area contributed by atoms with Crippen LogP contribution in [-0.4, -0.2) is 25.6 Å². The van der Waals surface area contributed by atoms with E-state index < -0.39 is 0 Å². The molecule has 15 heavy (non-hydrogen) atoms. The zero-order valence-electron chi connectivity index (χ0n) is 9.42. The summed E-state index contributed by atoms with van der Waals surface area (Å²) in [6.07, 6.45) is 0. The summed E-state index contributed by atoms with van der Waals surface area (Å²) < 4.78 is 1.10. The molecule has 0 aromatic heterocycles. The zero-order valence-corrected chi connectivity index (χ0v) is 11.0. The monoisotopic (exact) mass is 271 g/mol. The summed E-state index contributed by atoms with van der Waals surface area (Å²) in [5, 5.41) is 1.92. The predicted octanol–water partition coefficient (Wildman–Crippen LogP) is 1.82. The summed E-state index contributed by atoms with van der Waals surface area (Å²) >= 11 is 3.56. The van der Waals surface area contributed by atoms with Crippen molar-refractivity contribution in [1.29, 1.82) is 0 Å². The van der Waals surface area contributed by atoms with Crippen molar-refractivity contribution < 1.29 is 0 Å². The molecule has 1 rings (SSSR count). The fourth-order valence-electron chi connectivity index (χ4n) is 1.48. The van der Waals surface area contributed by atoms with E-state index in [0.29, 0.717) is 6.54 Å². The van der Waals surface area contributed by atoms with Crippen LogP contribution in [0.15, 0.2) is 22.7 Å². The Balaban J connectivity index is 2.91. The number of aryl methyl sites for hydroxylation is 1. The molecule has 3 N–H and O–H groups in total. The fraction of sp³-hybridized carbons (Fsp3) is 0.455. The molecule has 0 saturated carbocycles. The van der Waals surface area contributed by atoms with Crippen LogP contribution in [0.5, 0.6) is 0 Å². The molecule has 0 spiro atoms. The number of nitrogens with zero attached hydrogens (tertiary/aromatic N) is 1. The molecule has 0 aliphatic carbocycles. The molecule has 0 heterocycles. The highest BCUT2D eigenvalue weighted by molar-refractivity contribution is 9.10. The van der Waals surface area contributed by atoms with Gasteiger partial charge in [-0.05, 0) is 24.1 Å². The van der Waals surface area contributed by atoms with Gasteiger partial charge in [0.1, 0.15) is 0 Å². The molecule has 0 fully saturated rings. The van der Waals surface area contributed by atoms with Gasteiger partial charge in [0.05, 0.1) is 6.04 Å². The van der Waals surface area contributed by atoms with Crippen molar-refractivity contribution in [2.75, 3.05) is 20.6 Å². The van der Waals surface area contributed by atoms with Crippen molar-refractivity contribution in [2.24, 2.45) is 5.73 Å². The zero-order chi connectivity index (χ0) is 11.4. The molecule has 0 saturated heterocycles. The lowest BCUT2D eigenvalue weighted by atomic mass is 10.1. The van der Waals surface area contributed by atoms with Crippen LogP contribution in [0, 0.1) is 6.92 Å². The van der Waals surface area contributed by atoms with Crippen LogP contribution in [0.25, 0.3) is 0 Å². The quantitative estimate of drug-likeness (QED) is 0.821. The first-order chi connectivity index (χ1) is 7.04. The summed E-state index contributed by atoms with van der Waals surface area (Å²) in [5.74, 6) is 0. The van der Waals surface area contributed by atoms with Gasteiger partial charge in [-0.15, -0.1) is 0 Å². The Morgan fingerprint density at radius 3 is 2.60 bits per heavy atom. The minimum atomic E-state index is 0.148. The van der Waals surface area contributed by atoms with Crippen LogP contribution in [0.3, 0.4) is 0 Å². The Morgan fingerprint density at radius 2 is 2.13 bits per heavy atom. The van der Waals surface area contributed by atoms with E-state index in [-0.39, 0.29) is 6.04 Å². The van der Waals surface area contributed by atoms with E-state index in [0.717, 1.165) is 4.47 Å². The number of hydrogen-bond donors (Lipinski definition) is 2. The lowest BCUT2D eigenvalue weighted by molar-refractivity contribution is 0.245. The summed E-state index contributed by atoms with van der Waals surface area (Å²) in [6.45, 7) is 2.64. The van der Waals surface area contributed by atoms with Crippen LogP contribution in [0.1, 0.15) is 17.2 Å². The highest BCUT2D eigenvalue weighted by atomic mass is 79.9. The molecule has 0 radical (unpaired) electrons. The largest absolute Gasteiger partial charge is 0.329 e. The van der Waals surface area contributed by atoms with Crippen LogP contribution in [0.4, 0.5) is 0 Å². The molecule has 0 bridgehead atoms. The molecule has 4 heteroatoms. The molecule has 1 unspecified atom stereocenters. The van der Waals surface area contributed by atoms with Gasteiger partial charge in [0.2, 0.25) is 0 Å². The van der Waals surface area contributed by atoms with Gasteiger partial charge >= 0.3 is 0 Å². The molecule has 84 valence electrons. The Bertz CT molecular complexity index is 326. The van der Waals surface area contributed by atoms with Crippen molar-refractivity contribution in [2.45, 2.75) is 13.0 Å². The standard InChI is InChI=1S/C11H18BrN3/c1-8-4-5-9(10(12)6-8)11(7-13)14-15(2)3/h4-6,11,14H,7,13H2,1-3H3. The number of benzene rings is 1. The van der Waals surface area contributed by atoms with E-state index in [1.807, 2.05) is 19.1 Å². The SMILES string of the molecule is Cc1ccc(C(CN)NN(C)C)c(Br)c1. The molecule has 1 aromatic rings. The minimum Gasteiger partial charge on any atom is -0.329 e. The number of nitrogens with one attached hydrogen (secondary N) is 1. The first-order valence-corrected chi connectivity index (χ1v) is 5.73. The maximum atomic E-state index is 5.75. The third kappa shape index (κ3) is 3.57. The van der Waals surface area contributed by atoms with Crippen molar-refractivity contribution in [3.63, 3.8) is 0 Å². The number of halogens is 1. The molecule has 1 atom stereocenters. The summed E-state index contributed by atoms with van der Waals surface area (Å²) in [6, 6.07) is 6.46. The van der Waals surface area contributed by atoms with Gasteiger partial charge in [-0.1, -0.05) is 28.1 Å². The summed E-state index contributed by atoms with van der Waals surface area (Å²) in [4.78, 5) is 0. The molecular formula is C11H18BrN3. The molecule has 0 aliphatic heterocycles. The highest BCUT2D eigenvalue weighted by Crippen LogP contribution is 2.24. The molecular weight excluding hydrogens is 254 g/mol. The normalized spacial score (nSPS) is 13.2. The van der Waals surface area contributed by atoms with Crippen LogP contribution >= 0.6 is 15.9 Å². The molecule has 0 aliphatic rings. The van der Waals surface area contributed by atoms with Gasteiger partial charge in [0.25, 0.3) is 0 Å². The maximum Gasteiger partial charge on any atom is 0.0597 e. The fourth-order valence-corrected chi connectivity index (χ4v) is 2.25. The van der Waals surface area contributed by atoms with Crippen molar-refractivity contribution in [3.05, 3.63) is 33.8 Å². The van der Waals surface area contributed by atoms with Gasteiger partial charge in [0, 0.05) is 25.1 Å². The Morgan fingerprint density at radius 1 is 1.47 bits per heavy atom. The highest BCUT2D eigenvalue weighted by Gasteiger charge is 2.12. The second-order valence-electron chi connectivity index (χ2n) is 3.84. The molecule has 0 amide bonds. The number of hydrazine groups is 1. The van der Waals surface area contributed by atoms with Crippen molar-refractivity contribution in [3.8, 4) is 0 Å². The smallest absolute Gasteiger partial charge is 0.0597 e. The van der Waals surface area contributed by atoms with E-state index in [9.17, 15) is 0 Å². The number of rotatable bonds is 4. The molecule has 3 nitrogen and oxygen atoms in total. The Labute approximate surface area is 99.7 Å². The second-order valence-corrected chi connectivity index (χ2v) is 4.69. The average Bonchev–Trinajstić information content (AvgIpc) is 2.14.